The van der Waals surface area contributed by atoms with Crippen LogP contribution < -0.4 is 10.2 Å². The molecule has 3 aromatic rings. The van der Waals surface area contributed by atoms with Crippen LogP contribution in [0.1, 0.15) is 27.8 Å². The highest BCUT2D eigenvalue weighted by Gasteiger charge is 2.05. The number of nitrogens with one attached hydrogen (secondary N) is 1. The molecule has 148 valence electrons. The number of halogens is 1. The number of aryl methyl sites for hydroxylation is 2. The third kappa shape index (κ3) is 6.47. The topological polar surface area (TPSA) is 50.7 Å². The third-order valence-electron chi connectivity index (χ3n) is 4.44. The summed E-state index contributed by atoms with van der Waals surface area (Å²) in [6, 6.07) is 21.2. The van der Waals surface area contributed by atoms with Gasteiger partial charge in [0, 0.05) is 5.02 Å². The zero-order valence-electron chi connectivity index (χ0n) is 16.5. The van der Waals surface area contributed by atoms with Crippen molar-refractivity contribution in [2.75, 3.05) is 0 Å². The van der Waals surface area contributed by atoms with E-state index in [4.69, 9.17) is 16.3 Å². The van der Waals surface area contributed by atoms with Crippen LogP contribution in [0, 0.1) is 13.8 Å². The maximum atomic E-state index is 12.2. The number of hydrogen-bond acceptors (Lipinski definition) is 3. The molecule has 0 saturated heterocycles. The molecular formula is C24H23ClN2O2. The van der Waals surface area contributed by atoms with Crippen molar-refractivity contribution in [3.63, 3.8) is 0 Å². The number of benzene rings is 3. The Bertz CT molecular complexity index is 1010. The number of ether oxygens (including phenoxy) is 1. The van der Waals surface area contributed by atoms with Crippen LogP contribution in [0.15, 0.2) is 71.8 Å². The molecule has 0 aromatic heterocycles. The monoisotopic (exact) mass is 406 g/mol. The van der Waals surface area contributed by atoms with Gasteiger partial charge in [0.05, 0.1) is 12.6 Å². The van der Waals surface area contributed by atoms with Gasteiger partial charge in [0.1, 0.15) is 12.4 Å². The Morgan fingerprint density at radius 3 is 2.66 bits per heavy atom. The summed E-state index contributed by atoms with van der Waals surface area (Å²) in [4.78, 5) is 12.2. The summed E-state index contributed by atoms with van der Waals surface area (Å²) in [5.41, 5.74) is 7.70. The van der Waals surface area contributed by atoms with Crippen molar-refractivity contribution in [2.45, 2.75) is 26.9 Å². The highest BCUT2D eigenvalue weighted by atomic mass is 35.5. The van der Waals surface area contributed by atoms with Crippen molar-refractivity contribution >= 4 is 23.7 Å². The van der Waals surface area contributed by atoms with E-state index in [1.54, 1.807) is 6.21 Å². The van der Waals surface area contributed by atoms with Crippen LogP contribution in [0.5, 0.6) is 5.75 Å². The van der Waals surface area contributed by atoms with E-state index in [-0.39, 0.29) is 5.91 Å². The maximum Gasteiger partial charge on any atom is 0.244 e. The molecule has 0 bridgehead atoms. The van der Waals surface area contributed by atoms with Crippen LogP contribution in [0.25, 0.3) is 0 Å². The van der Waals surface area contributed by atoms with E-state index in [0.29, 0.717) is 18.1 Å². The van der Waals surface area contributed by atoms with Crippen molar-refractivity contribution in [2.24, 2.45) is 5.10 Å². The van der Waals surface area contributed by atoms with E-state index < -0.39 is 0 Å². The molecule has 0 radical (unpaired) electrons. The number of rotatable bonds is 7. The summed E-state index contributed by atoms with van der Waals surface area (Å²) in [6.07, 6.45) is 1.91. The lowest BCUT2D eigenvalue weighted by Gasteiger charge is -2.07. The zero-order valence-corrected chi connectivity index (χ0v) is 17.2. The van der Waals surface area contributed by atoms with E-state index in [9.17, 15) is 4.79 Å². The first kappa shape index (κ1) is 20.6. The molecule has 0 fully saturated rings. The van der Waals surface area contributed by atoms with Crippen LogP contribution in [-0.4, -0.2) is 12.1 Å². The van der Waals surface area contributed by atoms with Crippen molar-refractivity contribution in [3.8, 4) is 5.75 Å². The zero-order chi connectivity index (χ0) is 20.6. The highest BCUT2D eigenvalue weighted by Crippen LogP contribution is 2.16. The minimum absolute atomic E-state index is 0.148. The average Bonchev–Trinajstić information content (AvgIpc) is 2.71. The second-order valence-corrected chi connectivity index (χ2v) is 7.32. The quantitative estimate of drug-likeness (QED) is 0.431. The van der Waals surface area contributed by atoms with E-state index in [2.05, 4.69) is 10.5 Å². The predicted molar refractivity (Wildman–Crippen MR) is 118 cm³/mol. The molecule has 5 heteroatoms. The van der Waals surface area contributed by atoms with Gasteiger partial charge in [0.15, 0.2) is 0 Å². The fraction of sp³-hybridized carbons (Fsp3) is 0.167. The van der Waals surface area contributed by atoms with Gasteiger partial charge < -0.3 is 4.74 Å². The molecule has 4 nitrogen and oxygen atoms in total. The molecule has 0 heterocycles. The summed E-state index contributed by atoms with van der Waals surface area (Å²) in [5.74, 6) is 0.579. The highest BCUT2D eigenvalue weighted by molar-refractivity contribution is 6.30. The first-order valence-electron chi connectivity index (χ1n) is 9.35. The van der Waals surface area contributed by atoms with Gasteiger partial charge in [-0.05, 0) is 60.4 Å². The van der Waals surface area contributed by atoms with Gasteiger partial charge in [-0.1, -0.05) is 59.6 Å². The van der Waals surface area contributed by atoms with Crippen molar-refractivity contribution in [1.29, 1.82) is 0 Å². The molecule has 1 N–H and O–H groups in total. The van der Waals surface area contributed by atoms with E-state index in [1.165, 1.54) is 0 Å². The predicted octanol–water partition coefficient (Wildman–Crippen LogP) is 5.23. The summed E-state index contributed by atoms with van der Waals surface area (Å²) in [5, 5.41) is 4.76. The molecule has 0 aliphatic carbocycles. The standard InChI is InChI=1S/C24H23ClN2O2/c1-17-6-7-18(2)21(12-17)14-24(28)27-26-15-20-4-3-5-23(13-20)29-16-19-8-10-22(25)11-9-19/h3-13,15H,14,16H2,1-2H3,(H,27,28)/b26-15-. The SMILES string of the molecule is Cc1ccc(C)c(CC(=O)N/N=C\c2cccc(OCc3ccc(Cl)cc3)c2)c1. The van der Waals surface area contributed by atoms with Crippen molar-refractivity contribution < 1.29 is 9.53 Å². The largest absolute Gasteiger partial charge is 0.489 e. The summed E-state index contributed by atoms with van der Waals surface area (Å²) in [6.45, 7) is 4.46. The molecule has 0 aliphatic heterocycles. The number of amides is 1. The first-order chi connectivity index (χ1) is 14.0. The summed E-state index contributed by atoms with van der Waals surface area (Å²) >= 11 is 5.89. The lowest BCUT2D eigenvalue weighted by molar-refractivity contribution is -0.120. The Morgan fingerprint density at radius 1 is 1.07 bits per heavy atom. The molecule has 0 aliphatic rings. The number of nitrogens with zero attached hydrogens (tertiary/aromatic N) is 1. The lowest BCUT2D eigenvalue weighted by atomic mass is 10.0. The summed E-state index contributed by atoms with van der Waals surface area (Å²) in [7, 11) is 0. The van der Waals surface area contributed by atoms with Gasteiger partial charge in [-0.25, -0.2) is 5.43 Å². The second kappa shape index (κ2) is 9.89. The van der Waals surface area contributed by atoms with Crippen molar-refractivity contribution in [3.05, 3.63) is 99.6 Å². The van der Waals surface area contributed by atoms with Gasteiger partial charge in [-0.3, -0.25) is 4.79 Å². The Morgan fingerprint density at radius 2 is 1.86 bits per heavy atom. The Labute approximate surface area is 176 Å². The maximum absolute atomic E-state index is 12.2. The molecule has 0 saturated carbocycles. The van der Waals surface area contributed by atoms with Gasteiger partial charge in [0.2, 0.25) is 5.91 Å². The van der Waals surface area contributed by atoms with Gasteiger partial charge in [-0.2, -0.15) is 5.10 Å². The molecule has 29 heavy (non-hydrogen) atoms. The Hall–Kier alpha value is -3.11. The van der Waals surface area contributed by atoms with E-state index in [1.807, 2.05) is 80.6 Å². The average molecular weight is 407 g/mol. The third-order valence-corrected chi connectivity index (χ3v) is 4.69. The minimum Gasteiger partial charge on any atom is -0.489 e. The Balaban J connectivity index is 1.53. The molecule has 3 rings (SSSR count). The second-order valence-electron chi connectivity index (χ2n) is 6.89. The van der Waals surface area contributed by atoms with Crippen LogP contribution in [0.3, 0.4) is 0 Å². The van der Waals surface area contributed by atoms with Crippen LogP contribution in [-0.2, 0) is 17.8 Å². The smallest absolute Gasteiger partial charge is 0.244 e. The molecule has 0 atom stereocenters. The molecule has 0 spiro atoms. The van der Waals surface area contributed by atoms with Crippen LogP contribution in [0.2, 0.25) is 5.02 Å². The van der Waals surface area contributed by atoms with Crippen LogP contribution >= 0.6 is 11.6 Å². The number of hydrazone groups is 1. The number of hydrogen-bond donors (Lipinski definition) is 1. The van der Waals surface area contributed by atoms with Gasteiger partial charge in [-0.15, -0.1) is 0 Å². The van der Waals surface area contributed by atoms with Crippen molar-refractivity contribution in [1.82, 2.24) is 5.43 Å². The number of carbonyl (C=O) groups is 1. The summed E-state index contributed by atoms with van der Waals surface area (Å²) < 4.78 is 5.81. The molecule has 3 aromatic carbocycles. The Kier molecular flexibility index (Phi) is 7.04. The van der Waals surface area contributed by atoms with E-state index in [0.717, 1.165) is 33.6 Å². The molecule has 0 unspecified atom stereocenters. The first-order valence-corrected chi connectivity index (χ1v) is 9.73. The fourth-order valence-electron chi connectivity index (χ4n) is 2.81. The normalized spacial score (nSPS) is 10.9. The number of carbonyl (C=O) groups excluding carboxylic acids is 1. The molecular weight excluding hydrogens is 384 g/mol. The van der Waals surface area contributed by atoms with Gasteiger partial charge in [0.25, 0.3) is 0 Å². The molecule has 1 amide bonds. The lowest BCUT2D eigenvalue weighted by Crippen LogP contribution is -2.20. The van der Waals surface area contributed by atoms with Crippen LogP contribution in [0.4, 0.5) is 0 Å². The van der Waals surface area contributed by atoms with E-state index >= 15 is 0 Å². The van der Waals surface area contributed by atoms with Gasteiger partial charge >= 0.3 is 0 Å². The minimum atomic E-state index is -0.148. The fourth-order valence-corrected chi connectivity index (χ4v) is 2.94.